The van der Waals surface area contributed by atoms with Crippen molar-refractivity contribution in [2.45, 2.75) is 0 Å². The Balaban J connectivity index is 1.70. The molecule has 0 aliphatic rings. The largest absolute Gasteiger partial charge is 0.289 e. The first-order chi connectivity index (χ1) is 13.3. The van der Waals surface area contributed by atoms with Crippen LogP contribution >= 0.6 is 0 Å². The van der Waals surface area contributed by atoms with Crippen molar-refractivity contribution in [3.8, 4) is 0 Å². The number of aromatic nitrogens is 2. The molecule has 2 heterocycles. The maximum absolute atomic E-state index is 12.6. The van der Waals surface area contributed by atoms with E-state index in [2.05, 4.69) is 9.97 Å². The predicted molar refractivity (Wildman–Crippen MR) is 107 cm³/mol. The molecule has 0 aliphatic heterocycles. The summed E-state index contributed by atoms with van der Waals surface area (Å²) < 4.78 is 0. The van der Waals surface area contributed by atoms with Crippen molar-refractivity contribution in [1.29, 1.82) is 0 Å². The Bertz CT molecular complexity index is 978. The Kier molecular flexibility index (Phi) is 4.70. The van der Waals surface area contributed by atoms with E-state index in [0.717, 1.165) is 17.3 Å². The maximum Gasteiger partial charge on any atom is 0.193 e. The van der Waals surface area contributed by atoms with Gasteiger partial charge in [0.1, 0.15) is 11.6 Å². The SMILES string of the molecule is O=C(c1ccccc1)c1ccc(N(c2ccccn2)c2ccccn2)cc1. The summed E-state index contributed by atoms with van der Waals surface area (Å²) in [6.07, 6.45) is 3.50. The summed E-state index contributed by atoms with van der Waals surface area (Å²) in [4.78, 5) is 23.5. The lowest BCUT2D eigenvalue weighted by atomic mass is 10.0. The van der Waals surface area contributed by atoms with Crippen LogP contribution in [0, 0.1) is 0 Å². The molecule has 4 heteroatoms. The van der Waals surface area contributed by atoms with Crippen LogP contribution in [0.2, 0.25) is 0 Å². The second-order valence-electron chi connectivity index (χ2n) is 5.95. The number of hydrogen-bond donors (Lipinski definition) is 0. The smallest absolute Gasteiger partial charge is 0.193 e. The first kappa shape index (κ1) is 16.7. The molecule has 2 aromatic carbocycles. The normalized spacial score (nSPS) is 10.4. The van der Waals surface area contributed by atoms with Crippen molar-refractivity contribution in [3.05, 3.63) is 115 Å². The minimum Gasteiger partial charge on any atom is -0.289 e. The summed E-state index contributed by atoms with van der Waals surface area (Å²) in [6.45, 7) is 0. The standard InChI is InChI=1S/C23H17N3O/c27-23(18-8-2-1-3-9-18)19-12-14-20(15-13-19)26(21-10-4-6-16-24-21)22-11-5-7-17-25-22/h1-17H. The Morgan fingerprint density at radius 1 is 0.593 bits per heavy atom. The fourth-order valence-corrected chi connectivity index (χ4v) is 2.87. The second kappa shape index (κ2) is 7.62. The van der Waals surface area contributed by atoms with Gasteiger partial charge in [-0.15, -0.1) is 0 Å². The molecule has 0 fully saturated rings. The molecular weight excluding hydrogens is 334 g/mol. The average molecular weight is 351 g/mol. The van der Waals surface area contributed by atoms with Gasteiger partial charge in [-0.05, 0) is 48.5 Å². The van der Waals surface area contributed by atoms with Crippen LogP contribution in [0.25, 0.3) is 0 Å². The van der Waals surface area contributed by atoms with E-state index < -0.39 is 0 Å². The monoisotopic (exact) mass is 351 g/mol. The number of pyridine rings is 2. The summed E-state index contributed by atoms with van der Waals surface area (Å²) in [7, 11) is 0. The summed E-state index contributed by atoms with van der Waals surface area (Å²) in [5, 5.41) is 0. The highest BCUT2D eigenvalue weighted by atomic mass is 16.1. The lowest BCUT2D eigenvalue weighted by molar-refractivity contribution is 0.103. The van der Waals surface area contributed by atoms with Gasteiger partial charge in [0.05, 0.1) is 0 Å². The molecule has 0 amide bonds. The Morgan fingerprint density at radius 3 is 1.63 bits per heavy atom. The van der Waals surface area contributed by atoms with Gasteiger partial charge in [-0.2, -0.15) is 0 Å². The lowest BCUT2D eigenvalue weighted by Gasteiger charge is -2.23. The highest BCUT2D eigenvalue weighted by molar-refractivity contribution is 6.09. The van der Waals surface area contributed by atoms with Gasteiger partial charge in [-0.3, -0.25) is 9.69 Å². The van der Waals surface area contributed by atoms with E-state index in [0.29, 0.717) is 11.1 Å². The van der Waals surface area contributed by atoms with Crippen LogP contribution in [0.1, 0.15) is 15.9 Å². The van der Waals surface area contributed by atoms with Gasteiger partial charge >= 0.3 is 0 Å². The molecule has 2 aromatic heterocycles. The van der Waals surface area contributed by atoms with Gasteiger partial charge in [-0.1, -0.05) is 42.5 Å². The quantitative estimate of drug-likeness (QED) is 0.465. The van der Waals surface area contributed by atoms with E-state index in [1.54, 1.807) is 12.4 Å². The third-order valence-electron chi connectivity index (χ3n) is 4.18. The van der Waals surface area contributed by atoms with Crippen LogP contribution < -0.4 is 4.90 Å². The number of carbonyl (C=O) groups is 1. The molecule has 0 atom stereocenters. The minimum atomic E-state index is 0.00405. The molecule has 27 heavy (non-hydrogen) atoms. The molecule has 0 saturated carbocycles. The molecule has 0 unspecified atom stereocenters. The number of benzene rings is 2. The van der Waals surface area contributed by atoms with Crippen molar-refractivity contribution < 1.29 is 4.79 Å². The van der Waals surface area contributed by atoms with E-state index in [9.17, 15) is 4.79 Å². The van der Waals surface area contributed by atoms with E-state index in [-0.39, 0.29) is 5.78 Å². The van der Waals surface area contributed by atoms with Crippen LogP contribution in [-0.2, 0) is 0 Å². The molecule has 4 aromatic rings. The maximum atomic E-state index is 12.6. The zero-order chi connectivity index (χ0) is 18.5. The summed E-state index contributed by atoms with van der Waals surface area (Å²) in [5.74, 6) is 1.53. The number of carbonyl (C=O) groups excluding carboxylic acids is 1. The molecule has 0 saturated heterocycles. The fourth-order valence-electron chi connectivity index (χ4n) is 2.87. The minimum absolute atomic E-state index is 0.00405. The number of hydrogen-bond acceptors (Lipinski definition) is 4. The first-order valence-corrected chi connectivity index (χ1v) is 8.65. The van der Waals surface area contributed by atoms with E-state index in [1.807, 2.05) is 95.9 Å². The highest BCUT2D eigenvalue weighted by Crippen LogP contribution is 2.31. The van der Waals surface area contributed by atoms with Gasteiger partial charge in [-0.25, -0.2) is 9.97 Å². The van der Waals surface area contributed by atoms with Crippen molar-refractivity contribution >= 4 is 23.1 Å². The third kappa shape index (κ3) is 3.60. The number of ketones is 1. The van der Waals surface area contributed by atoms with Crippen molar-refractivity contribution in [1.82, 2.24) is 9.97 Å². The average Bonchev–Trinajstić information content (AvgIpc) is 2.76. The lowest BCUT2D eigenvalue weighted by Crippen LogP contribution is -2.13. The molecule has 0 N–H and O–H groups in total. The van der Waals surface area contributed by atoms with E-state index >= 15 is 0 Å². The fraction of sp³-hybridized carbons (Fsp3) is 0. The van der Waals surface area contributed by atoms with Gasteiger partial charge in [0, 0.05) is 29.2 Å². The van der Waals surface area contributed by atoms with Gasteiger partial charge < -0.3 is 0 Å². The Labute approximate surface area is 157 Å². The van der Waals surface area contributed by atoms with Crippen molar-refractivity contribution in [3.63, 3.8) is 0 Å². The van der Waals surface area contributed by atoms with Crippen molar-refractivity contribution in [2.24, 2.45) is 0 Å². The molecule has 4 rings (SSSR count). The van der Waals surface area contributed by atoms with Gasteiger partial charge in [0.25, 0.3) is 0 Å². The predicted octanol–water partition coefficient (Wildman–Crippen LogP) is 5.18. The van der Waals surface area contributed by atoms with Crippen LogP contribution in [0.15, 0.2) is 103 Å². The van der Waals surface area contributed by atoms with Crippen LogP contribution in [-0.4, -0.2) is 15.8 Å². The first-order valence-electron chi connectivity index (χ1n) is 8.65. The topological polar surface area (TPSA) is 46.1 Å². The molecule has 4 nitrogen and oxygen atoms in total. The van der Waals surface area contributed by atoms with Gasteiger partial charge in [0.15, 0.2) is 5.78 Å². The van der Waals surface area contributed by atoms with E-state index in [1.165, 1.54) is 0 Å². The molecule has 130 valence electrons. The molecular formula is C23H17N3O. The summed E-state index contributed by atoms with van der Waals surface area (Å²) in [5.41, 5.74) is 2.21. The summed E-state index contributed by atoms with van der Waals surface area (Å²) >= 11 is 0. The highest BCUT2D eigenvalue weighted by Gasteiger charge is 2.15. The van der Waals surface area contributed by atoms with Crippen LogP contribution in [0.4, 0.5) is 17.3 Å². The second-order valence-corrected chi connectivity index (χ2v) is 5.95. The zero-order valence-electron chi connectivity index (χ0n) is 14.6. The molecule has 0 radical (unpaired) electrons. The summed E-state index contributed by atoms with van der Waals surface area (Å²) in [6, 6.07) is 28.3. The number of nitrogens with zero attached hydrogens (tertiary/aromatic N) is 3. The molecule has 0 bridgehead atoms. The Hall–Kier alpha value is -3.79. The zero-order valence-corrected chi connectivity index (χ0v) is 14.6. The third-order valence-corrected chi connectivity index (χ3v) is 4.18. The van der Waals surface area contributed by atoms with Gasteiger partial charge in [0.2, 0.25) is 0 Å². The number of anilines is 3. The number of rotatable bonds is 5. The Morgan fingerprint density at radius 2 is 1.11 bits per heavy atom. The van der Waals surface area contributed by atoms with Crippen molar-refractivity contribution in [2.75, 3.05) is 4.90 Å². The van der Waals surface area contributed by atoms with Crippen LogP contribution in [0.3, 0.4) is 0 Å². The molecule has 0 spiro atoms. The van der Waals surface area contributed by atoms with E-state index in [4.69, 9.17) is 0 Å². The van der Waals surface area contributed by atoms with Crippen LogP contribution in [0.5, 0.6) is 0 Å². The molecule has 0 aliphatic carbocycles.